The molecule has 0 aromatic carbocycles. The average Bonchev–Trinajstić information content (AvgIpc) is 2.97. The molecule has 0 radical (unpaired) electrons. The summed E-state index contributed by atoms with van der Waals surface area (Å²) in [5.41, 5.74) is 1.43. The molecule has 2 aromatic rings. The van der Waals surface area contributed by atoms with Gasteiger partial charge < -0.3 is 4.90 Å². The first-order valence-electron chi connectivity index (χ1n) is 7.15. The van der Waals surface area contributed by atoms with Crippen LogP contribution in [0.5, 0.6) is 0 Å². The Morgan fingerprint density at radius 3 is 2.68 bits per heavy atom. The number of nitrogens with zero attached hydrogens (tertiary/aromatic N) is 3. The van der Waals surface area contributed by atoms with Crippen molar-refractivity contribution >= 4 is 27.4 Å². The van der Waals surface area contributed by atoms with Crippen LogP contribution in [0.4, 0.5) is 5.82 Å². The standard InChI is InChI=1S/C15H21N3S/c1-10(2)8-12-9-19-15-13(12)14(16-11(3)17-15)18-6-4-5-7-18/h9-10H,4-8H2,1-3H3. The fourth-order valence-corrected chi connectivity index (χ4v) is 3.83. The van der Waals surface area contributed by atoms with Crippen LogP contribution in [0.3, 0.4) is 0 Å². The van der Waals surface area contributed by atoms with Crippen molar-refractivity contribution in [3.63, 3.8) is 0 Å². The van der Waals surface area contributed by atoms with Crippen LogP contribution in [-0.2, 0) is 6.42 Å². The lowest BCUT2D eigenvalue weighted by Gasteiger charge is -2.18. The summed E-state index contributed by atoms with van der Waals surface area (Å²) in [6, 6.07) is 0. The summed E-state index contributed by atoms with van der Waals surface area (Å²) < 4.78 is 0. The van der Waals surface area contributed by atoms with Gasteiger partial charge in [-0.15, -0.1) is 11.3 Å². The molecule has 3 rings (SSSR count). The van der Waals surface area contributed by atoms with Crippen LogP contribution < -0.4 is 4.90 Å². The Hall–Kier alpha value is -1.16. The number of fused-ring (bicyclic) bond motifs is 1. The topological polar surface area (TPSA) is 29.0 Å². The van der Waals surface area contributed by atoms with Crippen LogP contribution >= 0.6 is 11.3 Å². The predicted octanol–water partition coefficient (Wildman–Crippen LogP) is 3.80. The SMILES string of the molecule is Cc1nc(N2CCCC2)c2c(CC(C)C)csc2n1. The lowest BCUT2D eigenvalue weighted by atomic mass is 10.0. The van der Waals surface area contributed by atoms with Crippen LogP contribution in [0, 0.1) is 12.8 Å². The molecule has 4 heteroatoms. The minimum absolute atomic E-state index is 0.672. The minimum atomic E-state index is 0.672. The molecular formula is C15H21N3S. The van der Waals surface area contributed by atoms with Gasteiger partial charge in [0.2, 0.25) is 0 Å². The monoisotopic (exact) mass is 275 g/mol. The Morgan fingerprint density at radius 2 is 2.00 bits per heavy atom. The van der Waals surface area contributed by atoms with E-state index in [1.165, 1.54) is 29.6 Å². The van der Waals surface area contributed by atoms with Crippen LogP contribution in [0.2, 0.25) is 0 Å². The van der Waals surface area contributed by atoms with Crippen molar-refractivity contribution < 1.29 is 0 Å². The third kappa shape index (κ3) is 2.46. The first-order chi connectivity index (χ1) is 9.15. The molecule has 0 unspecified atom stereocenters. The maximum atomic E-state index is 4.74. The summed E-state index contributed by atoms with van der Waals surface area (Å²) in [7, 11) is 0. The summed E-state index contributed by atoms with van der Waals surface area (Å²) >= 11 is 1.77. The van der Waals surface area contributed by atoms with Crippen molar-refractivity contribution in [2.45, 2.75) is 40.0 Å². The summed E-state index contributed by atoms with van der Waals surface area (Å²) in [5.74, 6) is 2.75. The quantitative estimate of drug-likeness (QED) is 0.853. The zero-order chi connectivity index (χ0) is 13.4. The molecule has 1 saturated heterocycles. The molecule has 3 nitrogen and oxygen atoms in total. The number of thiophene rings is 1. The second-order valence-corrected chi connectivity index (χ2v) is 6.69. The maximum Gasteiger partial charge on any atom is 0.141 e. The number of rotatable bonds is 3. The van der Waals surface area contributed by atoms with Gasteiger partial charge in [0.05, 0.1) is 5.39 Å². The van der Waals surface area contributed by atoms with Gasteiger partial charge in [-0.1, -0.05) is 13.8 Å². The van der Waals surface area contributed by atoms with Crippen LogP contribution in [0.25, 0.3) is 10.2 Å². The molecule has 0 spiro atoms. The number of hydrogen-bond donors (Lipinski definition) is 0. The second-order valence-electron chi connectivity index (χ2n) is 5.83. The van der Waals surface area contributed by atoms with Crippen molar-refractivity contribution in [1.29, 1.82) is 0 Å². The van der Waals surface area contributed by atoms with Gasteiger partial charge in [0.25, 0.3) is 0 Å². The molecule has 19 heavy (non-hydrogen) atoms. The molecule has 1 aliphatic heterocycles. The Balaban J connectivity index is 2.13. The van der Waals surface area contributed by atoms with Gasteiger partial charge in [-0.3, -0.25) is 0 Å². The molecule has 1 aliphatic rings. The molecule has 2 aromatic heterocycles. The van der Waals surface area contributed by atoms with Gasteiger partial charge in [-0.25, -0.2) is 9.97 Å². The second kappa shape index (κ2) is 5.08. The number of hydrogen-bond acceptors (Lipinski definition) is 4. The summed E-state index contributed by atoms with van der Waals surface area (Å²) in [4.78, 5) is 13.0. The number of anilines is 1. The average molecular weight is 275 g/mol. The Morgan fingerprint density at radius 1 is 1.26 bits per heavy atom. The first-order valence-corrected chi connectivity index (χ1v) is 8.03. The molecule has 0 bridgehead atoms. The summed E-state index contributed by atoms with van der Waals surface area (Å²) in [6.45, 7) is 8.83. The lowest BCUT2D eigenvalue weighted by molar-refractivity contribution is 0.651. The molecule has 1 fully saturated rings. The molecule has 0 saturated carbocycles. The van der Waals surface area contributed by atoms with Gasteiger partial charge >= 0.3 is 0 Å². The molecule has 3 heterocycles. The van der Waals surface area contributed by atoms with Crippen LogP contribution in [0.1, 0.15) is 38.1 Å². The van der Waals surface area contributed by atoms with E-state index in [-0.39, 0.29) is 0 Å². The highest BCUT2D eigenvalue weighted by Gasteiger charge is 2.20. The summed E-state index contributed by atoms with van der Waals surface area (Å²) in [6.07, 6.45) is 3.69. The molecular weight excluding hydrogens is 254 g/mol. The van der Waals surface area contributed by atoms with E-state index in [1.807, 2.05) is 6.92 Å². The smallest absolute Gasteiger partial charge is 0.141 e. The molecule has 0 atom stereocenters. The van der Waals surface area contributed by atoms with Crippen molar-refractivity contribution in [3.05, 3.63) is 16.8 Å². The van der Waals surface area contributed by atoms with Crippen molar-refractivity contribution in [2.75, 3.05) is 18.0 Å². The van der Waals surface area contributed by atoms with Crippen LogP contribution in [-0.4, -0.2) is 23.1 Å². The summed E-state index contributed by atoms with van der Waals surface area (Å²) in [5, 5.41) is 3.59. The zero-order valence-corrected chi connectivity index (χ0v) is 12.8. The number of aryl methyl sites for hydroxylation is 1. The van der Waals surface area contributed by atoms with Gasteiger partial charge in [-0.05, 0) is 43.0 Å². The van der Waals surface area contributed by atoms with E-state index in [0.717, 1.165) is 30.2 Å². The third-order valence-electron chi connectivity index (χ3n) is 3.64. The van der Waals surface area contributed by atoms with Gasteiger partial charge in [-0.2, -0.15) is 0 Å². The van der Waals surface area contributed by atoms with E-state index in [9.17, 15) is 0 Å². The fourth-order valence-electron chi connectivity index (χ4n) is 2.83. The van der Waals surface area contributed by atoms with Crippen LogP contribution in [0.15, 0.2) is 5.38 Å². The van der Waals surface area contributed by atoms with Gasteiger partial charge in [0.15, 0.2) is 0 Å². The Kier molecular flexibility index (Phi) is 3.44. The molecule has 0 N–H and O–H groups in total. The predicted molar refractivity (Wildman–Crippen MR) is 82.1 cm³/mol. The first kappa shape index (κ1) is 12.9. The van der Waals surface area contributed by atoms with Gasteiger partial charge in [0, 0.05) is 13.1 Å². The van der Waals surface area contributed by atoms with E-state index in [1.54, 1.807) is 11.3 Å². The molecule has 0 aliphatic carbocycles. The molecule has 102 valence electrons. The third-order valence-corrected chi connectivity index (χ3v) is 4.56. The van der Waals surface area contributed by atoms with Crippen molar-refractivity contribution in [2.24, 2.45) is 5.92 Å². The fraction of sp³-hybridized carbons (Fsp3) is 0.600. The van der Waals surface area contributed by atoms with Gasteiger partial charge in [0.1, 0.15) is 16.5 Å². The highest BCUT2D eigenvalue weighted by molar-refractivity contribution is 7.17. The largest absolute Gasteiger partial charge is 0.356 e. The minimum Gasteiger partial charge on any atom is -0.356 e. The van der Waals surface area contributed by atoms with Crippen molar-refractivity contribution in [3.8, 4) is 0 Å². The highest BCUT2D eigenvalue weighted by Crippen LogP contribution is 2.34. The van der Waals surface area contributed by atoms with E-state index in [2.05, 4.69) is 29.1 Å². The normalized spacial score (nSPS) is 15.9. The number of aromatic nitrogens is 2. The Bertz CT molecular complexity index is 582. The maximum absolute atomic E-state index is 4.74. The Labute approximate surface area is 118 Å². The van der Waals surface area contributed by atoms with E-state index < -0.39 is 0 Å². The van der Waals surface area contributed by atoms with E-state index in [0.29, 0.717) is 5.92 Å². The van der Waals surface area contributed by atoms with E-state index >= 15 is 0 Å². The lowest BCUT2D eigenvalue weighted by Crippen LogP contribution is -2.20. The zero-order valence-electron chi connectivity index (χ0n) is 11.9. The highest BCUT2D eigenvalue weighted by atomic mass is 32.1. The molecule has 0 amide bonds. The van der Waals surface area contributed by atoms with E-state index in [4.69, 9.17) is 4.98 Å². The van der Waals surface area contributed by atoms with Crippen molar-refractivity contribution in [1.82, 2.24) is 9.97 Å².